The van der Waals surface area contributed by atoms with Gasteiger partial charge in [-0.3, -0.25) is 0 Å². The number of rotatable bonds is 4. The molecule has 1 aliphatic carbocycles. The molecule has 96 valence electrons. The number of hydrogen-bond acceptors (Lipinski definition) is 2. The lowest BCUT2D eigenvalue weighted by Gasteiger charge is -2.26. The average molecular weight is 235 g/mol. The van der Waals surface area contributed by atoms with Gasteiger partial charge in [0.1, 0.15) is 0 Å². The van der Waals surface area contributed by atoms with Gasteiger partial charge in [0.25, 0.3) is 0 Å². The van der Waals surface area contributed by atoms with Crippen molar-refractivity contribution in [2.75, 3.05) is 11.9 Å². The monoisotopic (exact) mass is 235 g/mol. The highest BCUT2D eigenvalue weighted by Crippen LogP contribution is 2.30. The molecule has 0 radical (unpaired) electrons. The molecule has 0 aliphatic heterocycles. The molecule has 3 nitrogen and oxygen atoms in total. The van der Waals surface area contributed by atoms with E-state index in [-0.39, 0.29) is 0 Å². The van der Waals surface area contributed by atoms with Gasteiger partial charge in [0.05, 0.1) is 5.69 Å². The summed E-state index contributed by atoms with van der Waals surface area (Å²) in [5.74, 6) is 2.82. The van der Waals surface area contributed by atoms with Gasteiger partial charge in [-0.2, -0.15) is 0 Å². The fourth-order valence-corrected chi connectivity index (χ4v) is 2.78. The first-order valence-electron chi connectivity index (χ1n) is 6.96. The maximum atomic E-state index is 4.53. The van der Waals surface area contributed by atoms with Gasteiger partial charge in [0.15, 0.2) is 0 Å². The highest BCUT2D eigenvalue weighted by Gasteiger charge is 2.19. The zero-order valence-electron chi connectivity index (χ0n) is 11.4. The number of nitrogens with one attached hydrogen (secondary N) is 1. The Morgan fingerprint density at radius 2 is 2.06 bits per heavy atom. The summed E-state index contributed by atoms with van der Waals surface area (Å²) in [6.45, 7) is 8.65. The van der Waals surface area contributed by atoms with Crippen LogP contribution in [0.15, 0.2) is 6.20 Å². The summed E-state index contributed by atoms with van der Waals surface area (Å²) >= 11 is 0. The second kappa shape index (κ2) is 5.56. The number of anilines is 1. The van der Waals surface area contributed by atoms with E-state index in [1.54, 1.807) is 0 Å². The Morgan fingerprint density at radius 1 is 1.35 bits per heavy atom. The van der Waals surface area contributed by atoms with E-state index in [1.807, 2.05) is 0 Å². The van der Waals surface area contributed by atoms with E-state index in [0.717, 1.165) is 36.6 Å². The third-order valence-electron chi connectivity index (χ3n) is 3.82. The molecule has 3 heteroatoms. The van der Waals surface area contributed by atoms with Crippen LogP contribution in [0.1, 0.15) is 45.2 Å². The molecule has 0 unspecified atom stereocenters. The van der Waals surface area contributed by atoms with Gasteiger partial charge in [0, 0.05) is 19.3 Å². The quantitative estimate of drug-likeness (QED) is 0.866. The van der Waals surface area contributed by atoms with E-state index in [2.05, 4.69) is 41.8 Å². The van der Waals surface area contributed by atoms with Crippen molar-refractivity contribution in [2.45, 2.75) is 53.0 Å². The van der Waals surface area contributed by atoms with Gasteiger partial charge in [-0.15, -0.1) is 0 Å². The van der Waals surface area contributed by atoms with Gasteiger partial charge in [-0.05, 0) is 38.5 Å². The van der Waals surface area contributed by atoms with Crippen molar-refractivity contribution in [3.8, 4) is 0 Å². The molecule has 1 heterocycles. The van der Waals surface area contributed by atoms with Crippen LogP contribution in [0, 0.1) is 18.8 Å². The van der Waals surface area contributed by atoms with Crippen LogP contribution in [0.25, 0.3) is 0 Å². The first-order chi connectivity index (χ1) is 8.19. The lowest BCUT2D eigenvalue weighted by Crippen LogP contribution is -2.18. The van der Waals surface area contributed by atoms with E-state index in [9.17, 15) is 0 Å². The number of aryl methyl sites for hydroxylation is 1. The minimum absolute atomic E-state index is 0.845. The third-order valence-corrected chi connectivity index (χ3v) is 3.82. The Balaban J connectivity index is 1.97. The fraction of sp³-hybridized carbons (Fsp3) is 0.786. The fourth-order valence-electron chi connectivity index (χ4n) is 2.78. The molecule has 1 aliphatic rings. The lowest BCUT2D eigenvalue weighted by atomic mass is 9.83. The van der Waals surface area contributed by atoms with Gasteiger partial charge in [0.2, 0.25) is 5.95 Å². The predicted octanol–water partition coefficient (Wildman–Crippen LogP) is 3.45. The van der Waals surface area contributed by atoms with Crippen molar-refractivity contribution in [3.63, 3.8) is 0 Å². The molecule has 0 amide bonds. The van der Waals surface area contributed by atoms with Crippen molar-refractivity contribution in [1.82, 2.24) is 9.55 Å². The van der Waals surface area contributed by atoms with E-state index >= 15 is 0 Å². The van der Waals surface area contributed by atoms with Gasteiger partial charge in [-0.25, -0.2) is 4.98 Å². The zero-order valence-corrected chi connectivity index (χ0v) is 11.4. The Hall–Kier alpha value is -0.990. The molecule has 0 bridgehead atoms. The summed E-state index contributed by atoms with van der Waals surface area (Å²) in [5, 5.41) is 3.35. The van der Waals surface area contributed by atoms with Crippen molar-refractivity contribution in [1.29, 1.82) is 0 Å². The summed E-state index contributed by atoms with van der Waals surface area (Å²) in [4.78, 5) is 4.53. The van der Waals surface area contributed by atoms with Crippen molar-refractivity contribution in [2.24, 2.45) is 11.8 Å². The summed E-state index contributed by atoms with van der Waals surface area (Å²) in [6, 6.07) is 0. The second-order valence-corrected chi connectivity index (χ2v) is 5.51. The highest BCUT2D eigenvalue weighted by molar-refractivity contribution is 5.28. The molecule has 1 N–H and O–H groups in total. The molecule has 17 heavy (non-hydrogen) atoms. The van der Waals surface area contributed by atoms with Crippen molar-refractivity contribution in [3.05, 3.63) is 11.9 Å². The molecule has 0 saturated heterocycles. The summed E-state index contributed by atoms with van der Waals surface area (Å²) in [6.07, 6.45) is 7.73. The Morgan fingerprint density at radius 3 is 2.71 bits per heavy atom. The van der Waals surface area contributed by atoms with Crippen LogP contribution in [0.2, 0.25) is 0 Å². The first-order valence-corrected chi connectivity index (χ1v) is 6.96. The topological polar surface area (TPSA) is 29.9 Å². The van der Waals surface area contributed by atoms with Crippen LogP contribution in [-0.2, 0) is 6.54 Å². The Kier molecular flexibility index (Phi) is 4.08. The number of nitrogens with zero attached hydrogens (tertiary/aromatic N) is 2. The smallest absolute Gasteiger partial charge is 0.203 e. The standard InChI is InChI=1S/C14H25N3/c1-4-15-14-16-12(3)9-17(14)10-13-7-5-11(2)6-8-13/h9,11,13H,4-8,10H2,1-3H3,(H,15,16). The molecule has 0 aromatic carbocycles. The van der Waals surface area contributed by atoms with E-state index in [4.69, 9.17) is 0 Å². The van der Waals surface area contributed by atoms with Gasteiger partial charge in [-0.1, -0.05) is 19.8 Å². The van der Waals surface area contributed by atoms with E-state index < -0.39 is 0 Å². The third kappa shape index (κ3) is 3.24. The first kappa shape index (κ1) is 12.5. The molecular weight excluding hydrogens is 210 g/mol. The Labute approximate surface area is 105 Å². The normalized spacial score (nSPS) is 24.9. The summed E-state index contributed by atoms with van der Waals surface area (Å²) < 4.78 is 2.31. The van der Waals surface area contributed by atoms with Crippen LogP contribution >= 0.6 is 0 Å². The van der Waals surface area contributed by atoms with E-state index in [0.29, 0.717) is 0 Å². The largest absolute Gasteiger partial charge is 0.356 e. The van der Waals surface area contributed by atoms with E-state index in [1.165, 1.54) is 25.7 Å². The number of hydrogen-bond donors (Lipinski definition) is 1. The summed E-state index contributed by atoms with van der Waals surface area (Å²) in [7, 11) is 0. The van der Waals surface area contributed by atoms with Crippen LogP contribution in [0.5, 0.6) is 0 Å². The lowest BCUT2D eigenvalue weighted by molar-refractivity contribution is 0.265. The average Bonchev–Trinajstić information content (AvgIpc) is 2.63. The molecule has 0 spiro atoms. The van der Waals surface area contributed by atoms with Gasteiger partial charge < -0.3 is 9.88 Å². The van der Waals surface area contributed by atoms with Gasteiger partial charge >= 0.3 is 0 Å². The molecule has 2 rings (SSSR count). The predicted molar refractivity (Wildman–Crippen MR) is 72.2 cm³/mol. The van der Waals surface area contributed by atoms with Crippen LogP contribution in [-0.4, -0.2) is 16.1 Å². The molecule has 1 saturated carbocycles. The maximum absolute atomic E-state index is 4.53. The number of aromatic nitrogens is 2. The second-order valence-electron chi connectivity index (χ2n) is 5.51. The minimum Gasteiger partial charge on any atom is -0.356 e. The molecule has 1 fully saturated rings. The summed E-state index contributed by atoms with van der Waals surface area (Å²) in [5.41, 5.74) is 1.12. The number of imidazole rings is 1. The van der Waals surface area contributed by atoms with Crippen LogP contribution < -0.4 is 5.32 Å². The molecule has 1 aromatic heterocycles. The molecule has 0 atom stereocenters. The SMILES string of the molecule is CCNc1nc(C)cn1CC1CCC(C)CC1. The Bertz CT molecular complexity index is 348. The van der Waals surface area contributed by atoms with Crippen molar-refractivity contribution < 1.29 is 0 Å². The van der Waals surface area contributed by atoms with Crippen LogP contribution in [0.4, 0.5) is 5.95 Å². The molecule has 1 aromatic rings. The zero-order chi connectivity index (χ0) is 12.3. The molecular formula is C14H25N3. The maximum Gasteiger partial charge on any atom is 0.203 e. The minimum atomic E-state index is 0.845. The van der Waals surface area contributed by atoms with Crippen molar-refractivity contribution >= 4 is 5.95 Å². The van der Waals surface area contributed by atoms with Crippen LogP contribution in [0.3, 0.4) is 0 Å². The highest BCUT2D eigenvalue weighted by atomic mass is 15.2.